The standard InChI is InChI=1S/C11H14O4/c1-11(2,3)6-4-7(10(14)15)9(13)8(12)5-6/h4-5,12-13H,1-3H3,(H,14,15). The Hall–Kier alpha value is -1.71. The molecule has 0 bridgehead atoms. The molecule has 0 heterocycles. The number of hydrogen-bond acceptors (Lipinski definition) is 3. The average molecular weight is 210 g/mol. The second-order valence-corrected chi connectivity index (χ2v) is 4.45. The largest absolute Gasteiger partial charge is 0.504 e. The third kappa shape index (κ3) is 2.21. The first-order valence-corrected chi connectivity index (χ1v) is 4.53. The van der Waals surface area contributed by atoms with Crippen LogP contribution in [0.3, 0.4) is 0 Å². The van der Waals surface area contributed by atoms with Gasteiger partial charge in [-0.25, -0.2) is 4.79 Å². The molecule has 0 aliphatic rings. The van der Waals surface area contributed by atoms with E-state index in [0.717, 1.165) is 0 Å². The highest BCUT2D eigenvalue weighted by Gasteiger charge is 2.21. The zero-order valence-corrected chi connectivity index (χ0v) is 8.90. The second-order valence-electron chi connectivity index (χ2n) is 4.45. The number of hydrogen-bond donors (Lipinski definition) is 3. The third-order valence-electron chi connectivity index (χ3n) is 2.19. The summed E-state index contributed by atoms with van der Waals surface area (Å²) in [5, 5.41) is 27.5. The van der Waals surface area contributed by atoms with Crippen molar-refractivity contribution < 1.29 is 20.1 Å². The molecule has 1 aromatic carbocycles. The molecule has 3 N–H and O–H groups in total. The van der Waals surface area contributed by atoms with Crippen molar-refractivity contribution in [1.82, 2.24) is 0 Å². The number of carboxylic acid groups (broad SMARTS) is 1. The van der Waals surface area contributed by atoms with Crippen LogP contribution < -0.4 is 0 Å². The number of aromatic carboxylic acids is 1. The summed E-state index contributed by atoms with van der Waals surface area (Å²) in [5.74, 6) is -2.25. The molecule has 0 saturated heterocycles. The molecule has 82 valence electrons. The first-order valence-electron chi connectivity index (χ1n) is 4.53. The van der Waals surface area contributed by atoms with Gasteiger partial charge in [0.2, 0.25) is 0 Å². The van der Waals surface area contributed by atoms with Crippen LogP contribution in [0.4, 0.5) is 0 Å². The van der Waals surface area contributed by atoms with Crippen LogP contribution in [0.1, 0.15) is 36.7 Å². The van der Waals surface area contributed by atoms with Gasteiger partial charge in [0, 0.05) is 0 Å². The highest BCUT2D eigenvalue weighted by molar-refractivity contribution is 5.92. The summed E-state index contributed by atoms with van der Waals surface area (Å²) in [6.45, 7) is 5.68. The molecular formula is C11H14O4. The van der Waals surface area contributed by atoms with Gasteiger partial charge in [-0.05, 0) is 23.1 Å². The maximum atomic E-state index is 10.8. The molecule has 0 aromatic heterocycles. The summed E-state index contributed by atoms with van der Waals surface area (Å²) in [6.07, 6.45) is 0. The average Bonchev–Trinajstić information content (AvgIpc) is 2.06. The zero-order chi connectivity index (χ0) is 11.8. The van der Waals surface area contributed by atoms with Crippen LogP contribution in [0.5, 0.6) is 11.5 Å². The van der Waals surface area contributed by atoms with Gasteiger partial charge in [-0.3, -0.25) is 0 Å². The predicted molar refractivity (Wildman–Crippen MR) is 55.4 cm³/mol. The normalized spacial score (nSPS) is 11.4. The Balaban J connectivity index is 3.43. The van der Waals surface area contributed by atoms with Crippen LogP contribution in [0.2, 0.25) is 0 Å². The van der Waals surface area contributed by atoms with E-state index in [1.807, 2.05) is 20.8 Å². The van der Waals surface area contributed by atoms with E-state index in [9.17, 15) is 15.0 Å². The first-order chi connectivity index (χ1) is 6.73. The van der Waals surface area contributed by atoms with E-state index >= 15 is 0 Å². The lowest BCUT2D eigenvalue weighted by Gasteiger charge is -2.20. The van der Waals surface area contributed by atoms with Crippen molar-refractivity contribution in [2.75, 3.05) is 0 Å². The molecule has 4 nitrogen and oxygen atoms in total. The second kappa shape index (κ2) is 3.46. The Kier molecular flexibility index (Phi) is 2.62. The monoisotopic (exact) mass is 210 g/mol. The molecule has 4 heteroatoms. The Morgan fingerprint density at radius 3 is 2.13 bits per heavy atom. The lowest BCUT2D eigenvalue weighted by atomic mass is 9.86. The number of carboxylic acids is 1. The van der Waals surface area contributed by atoms with Crippen molar-refractivity contribution in [3.05, 3.63) is 23.3 Å². The quantitative estimate of drug-likeness (QED) is 0.620. The smallest absolute Gasteiger partial charge is 0.339 e. The minimum atomic E-state index is -1.26. The van der Waals surface area contributed by atoms with Crippen molar-refractivity contribution in [3.8, 4) is 11.5 Å². The van der Waals surface area contributed by atoms with Gasteiger partial charge in [-0.1, -0.05) is 20.8 Å². The number of phenolic OH excluding ortho intramolecular Hbond substituents is 1. The van der Waals surface area contributed by atoms with Gasteiger partial charge in [0.1, 0.15) is 5.56 Å². The maximum Gasteiger partial charge on any atom is 0.339 e. The van der Waals surface area contributed by atoms with Crippen LogP contribution in [-0.2, 0) is 5.41 Å². The molecule has 1 rings (SSSR count). The molecule has 0 unspecified atom stereocenters. The van der Waals surface area contributed by atoms with Gasteiger partial charge in [-0.2, -0.15) is 0 Å². The van der Waals surface area contributed by atoms with Crippen LogP contribution >= 0.6 is 0 Å². The summed E-state index contributed by atoms with van der Waals surface area (Å²) in [5.41, 5.74) is 0.102. The Labute approximate surface area is 87.8 Å². The molecular weight excluding hydrogens is 196 g/mol. The predicted octanol–water partition coefficient (Wildman–Crippen LogP) is 2.09. The highest BCUT2D eigenvalue weighted by Crippen LogP contribution is 2.34. The van der Waals surface area contributed by atoms with Gasteiger partial charge in [-0.15, -0.1) is 0 Å². The van der Waals surface area contributed by atoms with Crippen molar-refractivity contribution in [2.45, 2.75) is 26.2 Å². The minimum absolute atomic E-state index is 0.278. The molecule has 0 atom stereocenters. The minimum Gasteiger partial charge on any atom is -0.504 e. The lowest BCUT2D eigenvalue weighted by molar-refractivity contribution is 0.0692. The summed E-state index contributed by atoms with van der Waals surface area (Å²) < 4.78 is 0. The van der Waals surface area contributed by atoms with Gasteiger partial charge in [0.15, 0.2) is 11.5 Å². The van der Waals surface area contributed by atoms with E-state index in [-0.39, 0.29) is 11.0 Å². The number of benzene rings is 1. The van der Waals surface area contributed by atoms with Gasteiger partial charge in [0.25, 0.3) is 0 Å². The molecule has 0 radical (unpaired) electrons. The Morgan fingerprint density at radius 1 is 1.20 bits per heavy atom. The molecule has 0 aliphatic carbocycles. The molecule has 15 heavy (non-hydrogen) atoms. The summed E-state index contributed by atoms with van der Waals surface area (Å²) >= 11 is 0. The fraction of sp³-hybridized carbons (Fsp3) is 0.364. The van der Waals surface area contributed by atoms with Gasteiger partial charge >= 0.3 is 5.97 Å². The van der Waals surface area contributed by atoms with Crippen molar-refractivity contribution in [3.63, 3.8) is 0 Å². The number of phenols is 2. The number of carbonyl (C=O) groups is 1. The van der Waals surface area contributed by atoms with Crippen LogP contribution in [-0.4, -0.2) is 21.3 Å². The van der Waals surface area contributed by atoms with E-state index in [1.54, 1.807) is 0 Å². The fourth-order valence-electron chi connectivity index (χ4n) is 1.22. The van der Waals surface area contributed by atoms with Crippen LogP contribution in [0.15, 0.2) is 12.1 Å². The third-order valence-corrected chi connectivity index (χ3v) is 2.19. The topological polar surface area (TPSA) is 77.8 Å². The zero-order valence-electron chi connectivity index (χ0n) is 8.90. The summed E-state index contributed by atoms with van der Waals surface area (Å²) in [7, 11) is 0. The Bertz CT molecular complexity index is 402. The summed E-state index contributed by atoms with van der Waals surface area (Å²) in [4.78, 5) is 10.8. The van der Waals surface area contributed by atoms with Gasteiger partial charge in [0.05, 0.1) is 0 Å². The Morgan fingerprint density at radius 2 is 1.73 bits per heavy atom. The molecule has 0 amide bonds. The van der Waals surface area contributed by atoms with Gasteiger partial charge < -0.3 is 15.3 Å². The number of aromatic hydroxyl groups is 2. The van der Waals surface area contributed by atoms with Crippen LogP contribution in [0, 0.1) is 0 Å². The van der Waals surface area contributed by atoms with E-state index in [4.69, 9.17) is 5.11 Å². The first kappa shape index (κ1) is 11.4. The molecule has 1 aromatic rings. The maximum absolute atomic E-state index is 10.8. The SMILES string of the molecule is CC(C)(C)c1cc(O)c(O)c(C(=O)O)c1. The van der Waals surface area contributed by atoms with E-state index in [2.05, 4.69) is 0 Å². The molecule has 0 spiro atoms. The molecule has 0 aliphatic heterocycles. The molecule has 0 saturated carbocycles. The van der Waals surface area contributed by atoms with E-state index in [1.165, 1.54) is 12.1 Å². The van der Waals surface area contributed by atoms with Crippen molar-refractivity contribution >= 4 is 5.97 Å². The van der Waals surface area contributed by atoms with Crippen LogP contribution in [0.25, 0.3) is 0 Å². The fourth-order valence-corrected chi connectivity index (χ4v) is 1.22. The highest BCUT2D eigenvalue weighted by atomic mass is 16.4. The van der Waals surface area contributed by atoms with E-state index < -0.39 is 17.5 Å². The number of rotatable bonds is 1. The molecule has 0 fully saturated rings. The lowest BCUT2D eigenvalue weighted by Crippen LogP contribution is -2.12. The summed E-state index contributed by atoms with van der Waals surface area (Å²) in [6, 6.07) is 2.75. The van der Waals surface area contributed by atoms with Crippen molar-refractivity contribution in [2.24, 2.45) is 0 Å². The van der Waals surface area contributed by atoms with E-state index in [0.29, 0.717) is 5.56 Å². The van der Waals surface area contributed by atoms with Crippen molar-refractivity contribution in [1.29, 1.82) is 0 Å².